The summed E-state index contributed by atoms with van der Waals surface area (Å²) in [6.45, 7) is 1.74. The molecule has 0 bridgehead atoms. The van der Waals surface area contributed by atoms with E-state index in [4.69, 9.17) is 9.47 Å². The van der Waals surface area contributed by atoms with Crippen LogP contribution < -0.4 is 9.46 Å². The standard InChI is InChI=1S/C16H17NO6S2/c1-16(11-22-16)25(20,21)15-9-7-14(8-10-15)23-13-5-3-12(4-6-13)17-24(2,18)19/h3-10,17H,11H2,1-2H3. The lowest BCUT2D eigenvalue weighted by Crippen LogP contribution is -2.20. The molecule has 9 heteroatoms. The third-order valence-electron chi connectivity index (χ3n) is 3.65. The zero-order chi connectivity index (χ0) is 18.3. The summed E-state index contributed by atoms with van der Waals surface area (Å²) in [6.07, 6.45) is 1.07. The van der Waals surface area contributed by atoms with Crippen LogP contribution in [0.2, 0.25) is 0 Å². The topological polar surface area (TPSA) is 102 Å². The monoisotopic (exact) mass is 383 g/mol. The van der Waals surface area contributed by atoms with Crippen molar-refractivity contribution in [1.82, 2.24) is 0 Å². The van der Waals surface area contributed by atoms with E-state index in [1.54, 1.807) is 43.3 Å². The second-order valence-corrected chi connectivity index (χ2v) is 9.99. The SMILES string of the molecule is CC1(S(=O)(=O)c2ccc(Oc3ccc(NS(C)(=O)=O)cc3)cc2)CO1. The van der Waals surface area contributed by atoms with Crippen molar-refractivity contribution in [1.29, 1.82) is 0 Å². The highest BCUT2D eigenvalue weighted by molar-refractivity contribution is 7.93. The van der Waals surface area contributed by atoms with Crippen molar-refractivity contribution in [3.05, 3.63) is 48.5 Å². The maximum absolute atomic E-state index is 12.3. The number of hydrogen-bond donors (Lipinski definition) is 1. The van der Waals surface area contributed by atoms with Crippen LogP contribution in [0.4, 0.5) is 5.69 Å². The first-order chi connectivity index (χ1) is 11.6. The van der Waals surface area contributed by atoms with Crippen LogP contribution in [0.5, 0.6) is 11.5 Å². The lowest BCUT2D eigenvalue weighted by atomic mass is 10.3. The molecular weight excluding hydrogens is 366 g/mol. The molecule has 3 rings (SSSR count). The Kier molecular flexibility index (Phi) is 4.26. The fourth-order valence-corrected chi connectivity index (χ4v) is 4.06. The molecule has 0 saturated carbocycles. The largest absolute Gasteiger partial charge is 0.457 e. The van der Waals surface area contributed by atoms with E-state index in [0.717, 1.165) is 6.26 Å². The lowest BCUT2D eigenvalue weighted by molar-refractivity contribution is 0.384. The summed E-state index contributed by atoms with van der Waals surface area (Å²) in [6, 6.07) is 12.4. The third-order valence-corrected chi connectivity index (χ3v) is 6.52. The number of sulfone groups is 1. The van der Waals surface area contributed by atoms with Crippen molar-refractivity contribution in [3.63, 3.8) is 0 Å². The van der Waals surface area contributed by atoms with E-state index < -0.39 is 24.8 Å². The normalized spacial score (nSPS) is 20.1. The van der Waals surface area contributed by atoms with Gasteiger partial charge in [0, 0.05) is 5.69 Å². The number of hydrogen-bond acceptors (Lipinski definition) is 6. The molecule has 1 unspecified atom stereocenters. The van der Waals surface area contributed by atoms with Crippen molar-refractivity contribution in [2.75, 3.05) is 17.6 Å². The molecule has 2 aromatic carbocycles. The molecule has 1 fully saturated rings. The van der Waals surface area contributed by atoms with Crippen LogP contribution in [0.25, 0.3) is 0 Å². The number of benzene rings is 2. The summed E-state index contributed by atoms with van der Waals surface area (Å²) in [5.41, 5.74) is 0.425. The minimum absolute atomic E-state index is 0.174. The van der Waals surface area contributed by atoms with E-state index in [1.165, 1.54) is 12.1 Å². The van der Waals surface area contributed by atoms with Crippen molar-refractivity contribution in [3.8, 4) is 11.5 Å². The predicted molar refractivity (Wildman–Crippen MR) is 93.0 cm³/mol. The molecule has 0 amide bonds. The Morgan fingerprint density at radius 3 is 1.88 bits per heavy atom. The highest BCUT2D eigenvalue weighted by Gasteiger charge is 2.53. The maximum Gasteiger partial charge on any atom is 0.229 e. The predicted octanol–water partition coefficient (Wildman–Crippen LogP) is 2.37. The summed E-state index contributed by atoms with van der Waals surface area (Å²) in [5.74, 6) is 0.955. The summed E-state index contributed by atoms with van der Waals surface area (Å²) >= 11 is 0. The van der Waals surface area contributed by atoms with Gasteiger partial charge in [-0.3, -0.25) is 4.72 Å². The number of anilines is 1. The van der Waals surface area contributed by atoms with Crippen molar-refractivity contribution >= 4 is 25.5 Å². The van der Waals surface area contributed by atoms with Gasteiger partial charge in [0.15, 0.2) is 4.93 Å². The number of nitrogens with one attached hydrogen (secondary N) is 1. The molecule has 2 aromatic rings. The van der Waals surface area contributed by atoms with Crippen LogP contribution in [-0.2, 0) is 24.6 Å². The molecule has 0 spiro atoms. The first-order valence-corrected chi connectivity index (χ1v) is 10.7. The molecule has 1 N–H and O–H groups in total. The van der Waals surface area contributed by atoms with Gasteiger partial charge >= 0.3 is 0 Å². The number of epoxide rings is 1. The van der Waals surface area contributed by atoms with E-state index >= 15 is 0 Å². The minimum Gasteiger partial charge on any atom is -0.457 e. The summed E-state index contributed by atoms with van der Waals surface area (Å²) < 4.78 is 60.0. The number of rotatable bonds is 6. The van der Waals surface area contributed by atoms with Crippen molar-refractivity contribution in [2.45, 2.75) is 16.8 Å². The molecule has 134 valence electrons. The number of sulfonamides is 1. The van der Waals surface area contributed by atoms with E-state index in [1.807, 2.05) is 0 Å². The molecular formula is C16H17NO6S2. The first kappa shape index (κ1) is 17.7. The fraction of sp³-hybridized carbons (Fsp3) is 0.250. The Morgan fingerprint density at radius 1 is 0.960 bits per heavy atom. The zero-order valence-corrected chi connectivity index (χ0v) is 15.2. The molecule has 0 aliphatic carbocycles. The van der Waals surface area contributed by atoms with Crippen LogP contribution >= 0.6 is 0 Å². The summed E-state index contributed by atoms with van der Waals surface area (Å²) in [7, 11) is -6.85. The van der Waals surface area contributed by atoms with Crippen LogP contribution in [-0.4, -0.2) is 34.6 Å². The highest BCUT2D eigenvalue weighted by Crippen LogP contribution is 2.38. The molecule has 1 atom stereocenters. The zero-order valence-electron chi connectivity index (χ0n) is 13.6. The molecule has 1 aliphatic rings. The van der Waals surface area contributed by atoms with Crippen molar-refractivity contribution < 1.29 is 26.3 Å². The lowest BCUT2D eigenvalue weighted by Gasteiger charge is -2.10. The van der Waals surface area contributed by atoms with Gasteiger partial charge in [-0.15, -0.1) is 0 Å². The van der Waals surface area contributed by atoms with Gasteiger partial charge in [-0.25, -0.2) is 16.8 Å². The molecule has 0 radical (unpaired) electrons. The summed E-state index contributed by atoms with van der Waals surface area (Å²) in [5, 5.41) is 0. The number of ether oxygens (including phenoxy) is 2. The molecule has 1 heterocycles. The quantitative estimate of drug-likeness (QED) is 0.769. The molecule has 25 heavy (non-hydrogen) atoms. The van der Waals surface area contributed by atoms with Gasteiger partial charge in [0.05, 0.1) is 17.8 Å². The summed E-state index contributed by atoms with van der Waals surface area (Å²) in [4.78, 5) is -0.954. The van der Waals surface area contributed by atoms with E-state index in [-0.39, 0.29) is 11.5 Å². The van der Waals surface area contributed by atoms with Crippen molar-refractivity contribution in [2.24, 2.45) is 0 Å². The smallest absolute Gasteiger partial charge is 0.229 e. The molecule has 7 nitrogen and oxygen atoms in total. The van der Waals surface area contributed by atoms with Gasteiger partial charge in [-0.05, 0) is 55.5 Å². The van der Waals surface area contributed by atoms with Gasteiger partial charge in [0.25, 0.3) is 0 Å². The molecule has 1 aliphatic heterocycles. The average Bonchev–Trinajstić information content (AvgIpc) is 3.28. The Bertz CT molecular complexity index is 976. The van der Waals surface area contributed by atoms with Crippen LogP contribution in [0, 0.1) is 0 Å². The Hall–Kier alpha value is -2.10. The highest BCUT2D eigenvalue weighted by atomic mass is 32.2. The van der Waals surface area contributed by atoms with Gasteiger partial charge < -0.3 is 9.47 Å². The van der Waals surface area contributed by atoms with Gasteiger partial charge in [0.2, 0.25) is 19.9 Å². The maximum atomic E-state index is 12.3. The van der Waals surface area contributed by atoms with Crippen LogP contribution in [0.3, 0.4) is 0 Å². The van der Waals surface area contributed by atoms with E-state index in [2.05, 4.69) is 4.72 Å². The second-order valence-electron chi connectivity index (χ2n) is 5.90. The van der Waals surface area contributed by atoms with Crippen LogP contribution in [0.1, 0.15) is 6.92 Å². The van der Waals surface area contributed by atoms with Gasteiger partial charge in [-0.1, -0.05) is 0 Å². The molecule has 0 aromatic heterocycles. The third kappa shape index (κ3) is 3.94. The Morgan fingerprint density at radius 2 is 1.44 bits per heavy atom. The van der Waals surface area contributed by atoms with Crippen LogP contribution in [0.15, 0.2) is 53.4 Å². The minimum atomic E-state index is -3.52. The molecule has 1 saturated heterocycles. The van der Waals surface area contributed by atoms with E-state index in [9.17, 15) is 16.8 Å². The Labute approximate surface area is 146 Å². The Balaban J connectivity index is 1.72. The second kappa shape index (κ2) is 6.01. The van der Waals surface area contributed by atoms with Gasteiger partial charge in [-0.2, -0.15) is 0 Å². The van der Waals surface area contributed by atoms with Gasteiger partial charge in [0.1, 0.15) is 11.5 Å². The first-order valence-electron chi connectivity index (χ1n) is 7.33. The fourth-order valence-electron chi connectivity index (χ4n) is 2.13. The van der Waals surface area contributed by atoms with E-state index in [0.29, 0.717) is 17.2 Å². The average molecular weight is 383 g/mol.